The van der Waals surface area contributed by atoms with Gasteiger partial charge in [0.25, 0.3) is 0 Å². The highest BCUT2D eigenvalue weighted by Gasteiger charge is 2.14. The standard InChI is InChI=1S/C15H11FN2O.C2H6/c1-10(19)15-17-14(11-5-7-12(16)8-6-11)13-4-2-3-9-18(13)15;1-2/h2-9H,1H3;1-2H3. The fourth-order valence-corrected chi connectivity index (χ4v) is 2.11. The highest BCUT2D eigenvalue weighted by atomic mass is 19.1. The van der Waals surface area contributed by atoms with Crippen LogP contribution in [-0.2, 0) is 0 Å². The SMILES string of the molecule is CC.CC(=O)c1nc(-c2ccc(F)cc2)c2ccccn12. The number of Topliss-reactive ketones (excluding diaryl/α,β-unsaturated/α-hetero) is 1. The Hall–Kier alpha value is -2.49. The van der Waals surface area contributed by atoms with Gasteiger partial charge in [-0.15, -0.1) is 0 Å². The third kappa shape index (κ3) is 2.84. The highest BCUT2D eigenvalue weighted by Crippen LogP contribution is 2.25. The Morgan fingerprint density at radius 2 is 1.76 bits per heavy atom. The zero-order valence-electron chi connectivity index (χ0n) is 12.3. The number of imidazole rings is 1. The van der Waals surface area contributed by atoms with Crippen LogP contribution in [0.4, 0.5) is 4.39 Å². The summed E-state index contributed by atoms with van der Waals surface area (Å²) in [6.45, 7) is 5.48. The van der Waals surface area contributed by atoms with Crippen molar-refractivity contribution in [3.8, 4) is 11.3 Å². The first-order valence-electron chi connectivity index (χ1n) is 6.91. The molecule has 0 bridgehead atoms. The molecule has 0 amide bonds. The third-order valence-corrected chi connectivity index (χ3v) is 2.98. The van der Waals surface area contributed by atoms with Crippen molar-refractivity contribution in [3.63, 3.8) is 0 Å². The van der Waals surface area contributed by atoms with Crippen molar-refractivity contribution in [2.75, 3.05) is 0 Å². The van der Waals surface area contributed by atoms with Crippen molar-refractivity contribution >= 4 is 11.3 Å². The Morgan fingerprint density at radius 3 is 2.38 bits per heavy atom. The number of rotatable bonds is 2. The minimum atomic E-state index is -0.293. The summed E-state index contributed by atoms with van der Waals surface area (Å²) in [5.41, 5.74) is 2.31. The third-order valence-electron chi connectivity index (χ3n) is 2.98. The topological polar surface area (TPSA) is 34.4 Å². The van der Waals surface area contributed by atoms with E-state index in [1.807, 2.05) is 32.0 Å². The van der Waals surface area contributed by atoms with Crippen LogP contribution in [0.2, 0.25) is 0 Å². The molecular weight excluding hydrogens is 267 g/mol. The van der Waals surface area contributed by atoms with Crippen molar-refractivity contribution in [1.82, 2.24) is 9.38 Å². The second-order valence-corrected chi connectivity index (χ2v) is 4.30. The molecule has 0 saturated heterocycles. The summed E-state index contributed by atoms with van der Waals surface area (Å²) in [6, 6.07) is 11.7. The van der Waals surface area contributed by atoms with E-state index in [0.717, 1.165) is 11.1 Å². The van der Waals surface area contributed by atoms with E-state index < -0.39 is 0 Å². The van der Waals surface area contributed by atoms with Crippen molar-refractivity contribution in [2.24, 2.45) is 0 Å². The molecule has 21 heavy (non-hydrogen) atoms. The Labute approximate surface area is 123 Å². The monoisotopic (exact) mass is 284 g/mol. The van der Waals surface area contributed by atoms with E-state index in [1.54, 1.807) is 22.7 Å². The molecule has 2 heterocycles. The molecule has 0 spiro atoms. The average Bonchev–Trinajstić information content (AvgIpc) is 2.90. The van der Waals surface area contributed by atoms with E-state index in [9.17, 15) is 9.18 Å². The molecular formula is C17H17FN2O. The molecule has 0 aliphatic heterocycles. The smallest absolute Gasteiger partial charge is 0.195 e. The van der Waals surface area contributed by atoms with Crippen LogP contribution in [0.3, 0.4) is 0 Å². The van der Waals surface area contributed by atoms with E-state index in [2.05, 4.69) is 4.98 Å². The van der Waals surface area contributed by atoms with Crippen LogP contribution in [-0.4, -0.2) is 15.2 Å². The van der Waals surface area contributed by atoms with Crippen molar-refractivity contribution in [2.45, 2.75) is 20.8 Å². The molecule has 0 fully saturated rings. The van der Waals surface area contributed by atoms with E-state index in [-0.39, 0.29) is 11.6 Å². The second kappa shape index (κ2) is 6.31. The van der Waals surface area contributed by atoms with Crippen LogP contribution in [0.1, 0.15) is 31.4 Å². The predicted octanol–water partition coefficient (Wildman–Crippen LogP) is 4.37. The van der Waals surface area contributed by atoms with Crippen molar-refractivity contribution in [1.29, 1.82) is 0 Å². The first-order chi connectivity index (χ1) is 10.2. The number of carbonyl (C=O) groups excluding carboxylic acids is 1. The Kier molecular flexibility index (Phi) is 4.48. The maximum absolute atomic E-state index is 13.0. The normalized spacial score (nSPS) is 10.1. The molecule has 0 saturated carbocycles. The molecule has 0 atom stereocenters. The zero-order valence-corrected chi connectivity index (χ0v) is 12.3. The Balaban J connectivity index is 0.000000774. The Morgan fingerprint density at radius 1 is 1.10 bits per heavy atom. The van der Waals surface area contributed by atoms with Gasteiger partial charge in [-0.2, -0.15) is 0 Å². The van der Waals surface area contributed by atoms with Gasteiger partial charge in [-0.25, -0.2) is 9.37 Å². The van der Waals surface area contributed by atoms with Crippen LogP contribution in [0.15, 0.2) is 48.7 Å². The van der Waals surface area contributed by atoms with Crippen LogP contribution >= 0.6 is 0 Å². The van der Waals surface area contributed by atoms with Gasteiger partial charge in [0.1, 0.15) is 5.82 Å². The lowest BCUT2D eigenvalue weighted by molar-refractivity contribution is 0.100. The summed E-state index contributed by atoms with van der Waals surface area (Å²) >= 11 is 0. The zero-order chi connectivity index (χ0) is 15.4. The number of fused-ring (bicyclic) bond motifs is 1. The number of hydrogen-bond donors (Lipinski definition) is 0. The maximum Gasteiger partial charge on any atom is 0.195 e. The van der Waals surface area contributed by atoms with E-state index >= 15 is 0 Å². The summed E-state index contributed by atoms with van der Waals surface area (Å²) in [6.07, 6.45) is 1.80. The quantitative estimate of drug-likeness (QED) is 0.655. The number of halogens is 1. The van der Waals surface area contributed by atoms with Gasteiger partial charge in [-0.1, -0.05) is 19.9 Å². The summed E-state index contributed by atoms with van der Waals surface area (Å²) < 4.78 is 14.7. The van der Waals surface area contributed by atoms with Gasteiger partial charge in [0.15, 0.2) is 11.6 Å². The highest BCUT2D eigenvalue weighted by molar-refractivity contribution is 5.94. The van der Waals surface area contributed by atoms with Crippen LogP contribution in [0.25, 0.3) is 16.8 Å². The molecule has 4 heteroatoms. The number of aromatic nitrogens is 2. The minimum absolute atomic E-state index is 0.102. The summed E-state index contributed by atoms with van der Waals surface area (Å²) in [5, 5.41) is 0. The molecule has 3 rings (SSSR count). The van der Waals surface area contributed by atoms with Crippen LogP contribution in [0, 0.1) is 5.82 Å². The van der Waals surface area contributed by atoms with Crippen molar-refractivity contribution in [3.05, 3.63) is 60.3 Å². The molecule has 0 N–H and O–H groups in total. The molecule has 3 nitrogen and oxygen atoms in total. The lowest BCUT2D eigenvalue weighted by Crippen LogP contribution is -1.99. The molecule has 0 radical (unpaired) electrons. The molecule has 0 unspecified atom stereocenters. The molecule has 3 aromatic rings. The van der Waals surface area contributed by atoms with Gasteiger partial charge < -0.3 is 0 Å². The largest absolute Gasteiger partial charge is 0.297 e. The Bertz CT molecular complexity index is 760. The average molecular weight is 284 g/mol. The second-order valence-electron chi connectivity index (χ2n) is 4.30. The number of ketones is 1. The van der Waals surface area contributed by atoms with E-state index in [0.29, 0.717) is 11.5 Å². The lowest BCUT2D eigenvalue weighted by atomic mass is 10.1. The molecule has 1 aromatic carbocycles. The fraction of sp³-hybridized carbons (Fsp3) is 0.176. The van der Waals surface area contributed by atoms with Crippen LogP contribution in [0.5, 0.6) is 0 Å². The van der Waals surface area contributed by atoms with Crippen LogP contribution < -0.4 is 0 Å². The van der Waals surface area contributed by atoms with Gasteiger partial charge in [-0.05, 0) is 36.4 Å². The summed E-state index contributed by atoms with van der Waals surface area (Å²) in [4.78, 5) is 16.0. The minimum Gasteiger partial charge on any atom is -0.297 e. The fourth-order valence-electron chi connectivity index (χ4n) is 2.11. The number of carbonyl (C=O) groups is 1. The van der Waals surface area contributed by atoms with Gasteiger partial charge in [-0.3, -0.25) is 9.20 Å². The predicted molar refractivity (Wildman–Crippen MR) is 81.9 cm³/mol. The first kappa shape index (κ1) is 14.9. The van der Waals surface area contributed by atoms with E-state index in [1.165, 1.54) is 19.1 Å². The molecule has 0 aliphatic carbocycles. The van der Waals surface area contributed by atoms with E-state index in [4.69, 9.17) is 0 Å². The summed E-state index contributed by atoms with van der Waals surface area (Å²) in [5.74, 6) is -0.0106. The van der Waals surface area contributed by atoms with Gasteiger partial charge in [0.2, 0.25) is 0 Å². The number of pyridine rings is 1. The molecule has 108 valence electrons. The van der Waals surface area contributed by atoms with Gasteiger partial charge in [0, 0.05) is 18.7 Å². The number of benzene rings is 1. The van der Waals surface area contributed by atoms with Crippen molar-refractivity contribution < 1.29 is 9.18 Å². The first-order valence-corrected chi connectivity index (χ1v) is 6.91. The number of nitrogens with zero attached hydrogens (tertiary/aromatic N) is 2. The van der Waals surface area contributed by atoms with Gasteiger partial charge in [0.05, 0.1) is 11.2 Å². The molecule has 2 aromatic heterocycles. The van der Waals surface area contributed by atoms with Gasteiger partial charge >= 0.3 is 0 Å². The number of hydrogen-bond acceptors (Lipinski definition) is 2. The molecule has 0 aliphatic rings. The maximum atomic E-state index is 13.0. The summed E-state index contributed by atoms with van der Waals surface area (Å²) in [7, 11) is 0. The lowest BCUT2D eigenvalue weighted by Gasteiger charge is -1.98.